The molecule has 0 saturated heterocycles. The zero-order valence-corrected chi connectivity index (χ0v) is 15.2. The third-order valence-corrected chi connectivity index (χ3v) is 4.04. The van der Waals surface area contributed by atoms with E-state index in [9.17, 15) is 9.59 Å². The maximum absolute atomic E-state index is 12.6. The summed E-state index contributed by atoms with van der Waals surface area (Å²) in [5, 5.41) is 0. The number of ether oxygens (including phenoxy) is 1. The van der Waals surface area contributed by atoms with E-state index in [-0.39, 0.29) is 18.3 Å². The van der Waals surface area contributed by atoms with Crippen LogP contribution in [0.1, 0.15) is 37.7 Å². The van der Waals surface area contributed by atoms with E-state index in [0.29, 0.717) is 25.1 Å². The van der Waals surface area contributed by atoms with Crippen molar-refractivity contribution in [3.63, 3.8) is 0 Å². The van der Waals surface area contributed by atoms with Gasteiger partial charge in [-0.25, -0.2) is 0 Å². The lowest BCUT2D eigenvalue weighted by atomic mass is 10.1. The highest BCUT2D eigenvalue weighted by atomic mass is 16.5. The van der Waals surface area contributed by atoms with Gasteiger partial charge >= 0.3 is 5.97 Å². The molecule has 0 spiro atoms. The van der Waals surface area contributed by atoms with Crippen molar-refractivity contribution in [3.05, 3.63) is 60.7 Å². The average Bonchev–Trinajstić information content (AvgIpc) is 2.65. The second kappa shape index (κ2) is 12.1. The smallest absolute Gasteiger partial charge is 0.305 e. The van der Waals surface area contributed by atoms with Gasteiger partial charge in [0.15, 0.2) is 0 Å². The van der Waals surface area contributed by atoms with Crippen molar-refractivity contribution in [1.82, 2.24) is 4.90 Å². The molecule has 4 nitrogen and oxygen atoms in total. The van der Waals surface area contributed by atoms with Gasteiger partial charge in [0.2, 0.25) is 5.91 Å². The van der Waals surface area contributed by atoms with E-state index in [0.717, 1.165) is 25.7 Å². The van der Waals surface area contributed by atoms with E-state index >= 15 is 0 Å². The average molecular weight is 343 g/mol. The molecule has 25 heavy (non-hydrogen) atoms. The minimum Gasteiger partial charge on any atom is -0.469 e. The van der Waals surface area contributed by atoms with Crippen molar-refractivity contribution in [2.24, 2.45) is 0 Å². The fourth-order valence-corrected chi connectivity index (χ4v) is 2.52. The van der Waals surface area contributed by atoms with Gasteiger partial charge in [-0.1, -0.05) is 43.0 Å². The molecule has 0 N–H and O–H groups in total. The van der Waals surface area contributed by atoms with Gasteiger partial charge in [0.1, 0.15) is 0 Å². The Morgan fingerprint density at radius 3 is 2.48 bits per heavy atom. The highest BCUT2D eigenvalue weighted by Crippen LogP contribution is 2.11. The van der Waals surface area contributed by atoms with E-state index < -0.39 is 0 Å². The van der Waals surface area contributed by atoms with Crippen LogP contribution in [0.4, 0.5) is 0 Å². The van der Waals surface area contributed by atoms with E-state index in [1.165, 1.54) is 12.7 Å². The molecule has 4 heteroatoms. The van der Waals surface area contributed by atoms with E-state index in [1.807, 2.05) is 29.2 Å². The Kier molecular flexibility index (Phi) is 9.98. The van der Waals surface area contributed by atoms with E-state index in [4.69, 9.17) is 0 Å². The van der Waals surface area contributed by atoms with Crippen molar-refractivity contribution in [2.75, 3.05) is 20.2 Å². The molecule has 0 aliphatic rings. The number of nitrogens with zero attached hydrogens (tertiary/aromatic N) is 1. The summed E-state index contributed by atoms with van der Waals surface area (Å²) in [6.45, 7) is 8.88. The summed E-state index contributed by atoms with van der Waals surface area (Å²) in [4.78, 5) is 25.6. The summed E-state index contributed by atoms with van der Waals surface area (Å²) in [6, 6.07) is 10.3. The van der Waals surface area contributed by atoms with Crippen LogP contribution in [0, 0.1) is 0 Å². The Balaban J connectivity index is 2.45. The van der Waals surface area contributed by atoms with Gasteiger partial charge in [0.05, 0.1) is 7.11 Å². The van der Waals surface area contributed by atoms with E-state index in [2.05, 4.69) is 30.0 Å². The summed E-state index contributed by atoms with van der Waals surface area (Å²) in [5.41, 5.74) is 1.77. The van der Waals surface area contributed by atoms with Crippen molar-refractivity contribution < 1.29 is 14.3 Å². The zero-order chi connectivity index (χ0) is 18.5. The minimum absolute atomic E-state index is 0.0783. The molecule has 1 amide bonds. The first-order chi connectivity index (χ1) is 12.1. The number of aryl methyl sites for hydroxylation is 1. The van der Waals surface area contributed by atoms with Crippen LogP contribution in [0.5, 0.6) is 0 Å². The molecular weight excluding hydrogens is 314 g/mol. The predicted molar refractivity (Wildman–Crippen MR) is 101 cm³/mol. The second-order valence-corrected chi connectivity index (χ2v) is 5.99. The largest absolute Gasteiger partial charge is 0.469 e. The topological polar surface area (TPSA) is 46.6 Å². The number of hydrogen-bond acceptors (Lipinski definition) is 3. The van der Waals surface area contributed by atoms with Gasteiger partial charge in [-0.3, -0.25) is 9.59 Å². The molecule has 0 aliphatic carbocycles. The Hall–Kier alpha value is -2.36. The van der Waals surface area contributed by atoms with Gasteiger partial charge in [-0.05, 0) is 37.7 Å². The molecule has 1 aromatic rings. The lowest BCUT2D eigenvalue weighted by Crippen LogP contribution is -2.34. The number of benzene rings is 1. The molecule has 0 aliphatic heterocycles. The number of carbonyl (C=O) groups is 2. The maximum Gasteiger partial charge on any atom is 0.305 e. The third-order valence-electron chi connectivity index (χ3n) is 4.04. The highest BCUT2D eigenvalue weighted by molar-refractivity contribution is 5.93. The molecule has 0 radical (unpaired) electrons. The van der Waals surface area contributed by atoms with E-state index in [1.54, 1.807) is 0 Å². The number of esters is 1. The molecule has 0 saturated carbocycles. The van der Waals surface area contributed by atoms with Crippen LogP contribution in [-0.4, -0.2) is 37.0 Å². The monoisotopic (exact) mass is 343 g/mol. The van der Waals surface area contributed by atoms with Crippen molar-refractivity contribution in [1.29, 1.82) is 0 Å². The number of hydrogen-bond donors (Lipinski definition) is 0. The summed E-state index contributed by atoms with van der Waals surface area (Å²) < 4.78 is 4.61. The normalized spacial score (nSPS) is 10.1. The highest BCUT2D eigenvalue weighted by Gasteiger charge is 2.16. The number of methoxy groups -OCH3 is 1. The second-order valence-electron chi connectivity index (χ2n) is 5.99. The van der Waals surface area contributed by atoms with Gasteiger partial charge < -0.3 is 9.64 Å². The Bertz CT molecular complexity index is 566. The van der Waals surface area contributed by atoms with Crippen LogP contribution in [0.2, 0.25) is 0 Å². The quantitative estimate of drug-likeness (QED) is 0.250. The molecule has 0 unspecified atom stereocenters. The number of unbranched alkanes of at least 4 members (excludes halogenated alkanes) is 1. The summed E-state index contributed by atoms with van der Waals surface area (Å²) in [6.07, 6.45) is 6.03. The first-order valence-corrected chi connectivity index (χ1v) is 8.77. The minimum atomic E-state index is -0.325. The van der Waals surface area contributed by atoms with Crippen LogP contribution in [-0.2, 0) is 20.7 Å². The Morgan fingerprint density at radius 2 is 1.84 bits per heavy atom. The van der Waals surface area contributed by atoms with Crippen molar-refractivity contribution in [3.8, 4) is 0 Å². The predicted octanol–water partition coefficient (Wildman–Crippen LogP) is 3.92. The van der Waals surface area contributed by atoms with Crippen LogP contribution < -0.4 is 0 Å². The van der Waals surface area contributed by atoms with Gasteiger partial charge in [0.25, 0.3) is 0 Å². The number of carbonyl (C=O) groups excluding carboxylic acids is 2. The molecule has 136 valence electrons. The van der Waals surface area contributed by atoms with Crippen LogP contribution in [0.3, 0.4) is 0 Å². The summed E-state index contributed by atoms with van der Waals surface area (Å²) in [5.74, 6) is -0.403. The fourth-order valence-electron chi connectivity index (χ4n) is 2.52. The first kappa shape index (κ1) is 20.7. The lowest BCUT2D eigenvalue weighted by molar-refractivity contribution is -0.140. The van der Waals surface area contributed by atoms with Gasteiger partial charge in [-0.15, -0.1) is 6.58 Å². The maximum atomic E-state index is 12.6. The lowest BCUT2D eigenvalue weighted by Gasteiger charge is -2.23. The first-order valence-electron chi connectivity index (χ1n) is 8.77. The molecule has 0 fully saturated rings. The molecule has 0 bridgehead atoms. The van der Waals surface area contributed by atoms with Crippen LogP contribution in [0.25, 0.3) is 0 Å². The van der Waals surface area contributed by atoms with Crippen LogP contribution in [0.15, 0.2) is 55.1 Å². The molecular formula is C21H29NO3. The Morgan fingerprint density at radius 1 is 1.12 bits per heavy atom. The number of rotatable bonds is 12. The molecule has 0 atom stereocenters. The Labute approximate surface area is 151 Å². The van der Waals surface area contributed by atoms with Crippen molar-refractivity contribution in [2.45, 2.75) is 38.5 Å². The summed E-state index contributed by atoms with van der Waals surface area (Å²) >= 11 is 0. The summed E-state index contributed by atoms with van der Waals surface area (Å²) in [7, 11) is 1.34. The number of amides is 1. The van der Waals surface area contributed by atoms with Gasteiger partial charge in [-0.2, -0.15) is 0 Å². The SMILES string of the molecule is C=CCCN(CCCCc1ccccc1)C(=O)C(=C)CCC(=O)OC. The molecule has 0 aromatic heterocycles. The fraction of sp³-hybridized carbons (Fsp3) is 0.429. The standard InChI is InChI=1S/C21H29NO3/c1-4-5-16-22(21(24)18(2)14-15-20(23)25-3)17-10-9-13-19-11-7-6-8-12-19/h4,6-8,11-12H,1-2,5,9-10,13-17H2,3H3. The molecule has 0 heterocycles. The third kappa shape index (κ3) is 8.34. The molecule has 1 aromatic carbocycles. The van der Waals surface area contributed by atoms with Gasteiger partial charge in [0, 0.05) is 25.1 Å². The zero-order valence-electron chi connectivity index (χ0n) is 15.2. The van der Waals surface area contributed by atoms with Crippen LogP contribution >= 0.6 is 0 Å². The molecule has 1 rings (SSSR count). The van der Waals surface area contributed by atoms with Crippen molar-refractivity contribution >= 4 is 11.9 Å².